The highest BCUT2D eigenvalue weighted by atomic mass is 16.5. The first-order valence-corrected chi connectivity index (χ1v) is 6.47. The maximum Gasteiger partial charge on any atom is 0.0933 e. The summed E-state index contributed by atoms with van der Waals surface area (Å²) in [4.78, 5) is 2.30. The molecule has 0 aromatic heterocycles. The van der Waals surface area contributed by atoms with Crippen molar-refractivity contribution in [2.24, 2.45) is 5.73 Å². The number of morpholine rings is 1. The SMILES string of the molecule is Cc1cccc(C(CN)N2CCOC(CO)C2)c1. The Labute approximate surface area is 108 Å². The molecule has 3 N–H and O–H groups in total. The number of rotatable bonds is 4. The van der Waals surface area contributed by atoms with Crippen LogP contribution in [0.2, 0.25) is 0 Å². The van der Waals surface area contributed by atoms with Gasteiger partial charge in [0.05, 0.1) is 19.3 Å². The number of nitrogens with zero attached hydrogens (tertiary/aromatic N) is 1. The Morgan fingerprint density at radius 1 is 1.56 bits per heavy atom. The lowest BCUT2D eigenvalue weighted by Crippen LogP contribution is -2.47. The van der Waals surface area contributed by atoms with Gasteiger partial charge >= 0.3 is 0 Å². The Morgan fingerprint density at radius 3 is 3.06 bits per heavy atom. The van der Waals surface area contributed by atoms with Crippen molar-refractivity contribution in [3.63, 3.8) is 0 Å². The van der Waals surface area contributed by atoms with E-state index in [9.17, 15) is 5.11 Å². The second-order valence-corrected chi connectivity index (χ2v) is 4.84. The summed E-state index contributed by atoms with van der Waals surface area (Å²) in [5.41, 5.74) is 8.42. The van der Waals surface area contributed by atoms with E-state index in [0.29, 0.717) is 13.2 Å². The minimum absolute atomic E-state index is 0.0710. The molecule has 0 radical (unpaired) electrons. The molecule has 4 heteroatoms. The maximum atomic E-state index is 9.20. The smallest absolute Gasteiger partial charge is 0.0933 e. The second-order valence-electron chi connectivity index (χ2n) is 4.84. The van der Waals surface area contributed by atoms with Crippen LogP contribution in [0.3, 0.4) is 0 Å². The highest BCUT2D eigenvalue weighted by molar-refractivity contribution is 5.25. The number of aliphatic hydroxyl groups is 1. The summed E-state index contributed by atoms with van der Waals surface area (Å²) in [5.74, 6) is 0. The molecule has 1 aliphatic rings. The van der Waals surface area contributed by atoms with Gasteiger partial charge in [0.1, 0.15) is 0 Å². The van der Waals surface area contributed by atoms with Crippen molar-refractivity contribution in [1.29, 1.82) is 0 Å². The molecule has 0 amide bonds. The molecule has 0 spiro atoms. The largest absolute Gasteiger partial charge is 0.394 e. The fourth-order valence-electron chi connectivity index (χ4n) is 2.51. The fraction of sp³-hybridized carbons (Fsp3) is 0.571. The van der Waals surface area contributed by atoms with Crippen LogP contribution >= 0.6 is 0 Å². The van der Waals surface area contributed by atoms with Crippen molar-refractivity contribution < 1.29 is 9.84 Å². The number of hydrogen-bond acceptors (Lipinski definition) is 4. The van der Waals surface area contributed by atoms with E-state index in [-0.39, 0.29) is 18.8 Å². The Morgan fingerprint density at radius 2 is 2.39 bits per heavy atom. The average Bonchev–Trinajstić information content (AvgIpc) is 2.40. The summed E-state index contributed by atoms with van der Waals surface area (Å²) in [7, 11) is 0. The van der Waals surface area contributed by atoms with E-state index in [2.05, 4.69) is 36.1 Å². The van der Waals surface area contributed by atoms with Crippen molar-refractivity contribution >= 4 is 0 Å². The van der Waals surface area contributed by atoms with Gasteiger partial charge in [0, 0.05) is 25.7 Å². The monoisotopic (exact) mass is 250 g/mol. The van der Waals surface area contributed by atoms with Crippen LogP contribution < -0.4 is 5.73 Å². The number of nitrogens with two attached hydrogens (primary N) is 1. The van der Waals surface area contributed by atoms with Crippen molar-refractivity contribution in [3.8, 4) is 0 Å². The number of aliphatic hydroxyl groups excluding tert-OH is 1. The second kappa shape index (κ2) is 6.29. The van der Waals surface area contributed by atoms with Crippen molar-refractivity contribution in [2.45, 2.75) is 19.1 Å². The lowest BCUT2D eigenvalue weighted by Gasteiger charge is -2.37. The van der Waals surface area contributed by atoms with Crippen molar-refractivity contribution in [1.82, 2.24) is 4.90 Å². The molecule has 1 aliphatic heterocycles. The summed E-state index contributed by atoms with van der Waals surface area (Å²) in [5, 5.41) is 9.20. The summed E-state index contributed by atoms with van der Waals surface area (Å²) >= 11 is 0. The van der Waals surface area contributed by atoms with Gasteiger partial charge in [-0.3, -0.25) is 4.90 Å². The molecule has 0 saturated carbocycles. The van der Waals surface area contributed by atoms with E-state index in [1.807, 2.05) is 0 Å². The molecule has 0 bridgehead atoms. The molecule has 1 fully saturated rings. The molecule has 100 valence electrons. The molecule has 1 aromatic rings. The molecule has 2 rings (SSSR count). The number of aryl methyl sites for hydroxylation is 1. The van der Waals surface area contributed by atoms with E-state index >= 15 is 0 Å². The van der Waals surface area contributed by atoms with E-state index in [1.54, 1.807) is 0 Å². The van der Waals surface area contributed by atoms with Gasteiger partial charge in [-0.05, 0) is 12.5 Å². The van der Waals surface area contributed by atoms with Gasteiger partial charge in [-0.1, -0.05) is 29.8 Å². The summed E-state index contributed by atoms with van der Waals surface area (Å²) in [6.07, 6.45) is -0.0855. The first-order valence-electron chi connectivity index (χ1n) is 6.47. The highest BCUT2D eigenvalue weighted by Crippen LogP contribution is 2.22. The minimum Gasteiger partial charge on any atom is -0.394 e. The molecular weight excluding hydrogens is 228 g/mol. The summed E-state index contributed by atoms with van der Waals surface area (Å²) in [6, 6.07) is 8.67. The Bertz CT molecular complexity index is 384. The van der Waals surface area contributed by atoms with Crippen LogP contribution in [0.25, 0.3) is 0 Å². The third-order valence-corrected chi connectivity index (χ3v) is 3.46. The topological polar surface area (TPSA) is 58.7 Å². The molecule has 1 aromatic carbocycles. The number of hydrogen-bond donors (Lipinski definition) is 2. The highest BCUT2D eigenvalue weighted by Gasteiger charge is 2.26. The zero-order valence-electron chi connectivity index (χ0n) is 10.9. The van der Waals surface area contributed by atoms with Gasteiger partial charge in [-0.25, -0.2) is 0 Å². The van der Waals surface area contributed by atoms with E-state index < -0.39 is 0 Å². The predicted molar refractivity (Wildman–Crippen MR) is 71.4 cm³/mol. The molecule has 2 unspecified atom stereocenters. The number of ether oxygens (including phenoxy) is 1. The Balaban J connectivity index is 2.12. The summed E-state index contributed by atoms with van der Waals surface area (Å²) in [6.45, 7) is 5.02. The van der Waals surface area contributed by atoms with Gasteiger partial charge in [0.15, 0.2) is 0 Å². The lowest BCUT2D eigenvalue weighted by molar-refractivity contribution is -0.0643. The maximum absolute atomic E-state index is 9.20. The van der Waals surface area contributed by atoms with Crippen LogP contribution in [0.5, 0.6) is 0 Å². The zero-order valence-corrected chi connectivity index (χ0v) is 10.9. The first-order chi connectivity index (χ1) is 8.74. The fourth-order valence-corrected chi connectivity index (χ4v) is 2.51. The molecule has 1 saturated heterocycles. The lowest BCUT2D eigenvalue weighted by atomic mass is 10.0. The Kier molecular flexibility index (Phi) is 4.72. The minimum atomic E-state index is -0.0855. The summed E-state index contributed by atoms with van der Waals surface area (Å²) < 4.78 is 5.48. The standard InChI is InChI=1S/C14H22N2O2/c1-11-3-2-4-12(7-11)14(8-15)16-5-6-18-13(9-16)10-17/h2-4,7,13-14,17H,5-6,8-10,15H2,1H3. The first kappa shape index (κ1) is 13.5. The van der Waals surface area contributed by atoms with Crippen molar-refractivity contribution in [2.75, 3.05) is 32.8 Å². The zero-order chi connectivity index (χ0) is 13.0. The molecular formula is C14H22N2O2. The van der Waals surface area contributed by atoms with Crippen LogP contribution in [-0.4, -0.2) is 49.0 Å². The average molecular weight is 250 g/mol. The van der Waals surface area contributed by atoms with Crippen LogP contribution in [-0.2, 0) is 4.74 Å². The van der Waals surface area contributed by atoms with Crippen LogP contribution in [0, 0.1) is 6.92 Å². The van der Waals surface area contributed by atoms with Crippen LogP contribution in [0.4, 0.5) is 0 Å². The van der Waals surface area contributed by atoms with Crippen molar-refractivity contribution in [3.05, 3.63) is 35.4 Å². The third kappa shape index (κ3) is 3.09. The van der Waals surface area contributed by atoms with E-state index in [0.717, 1.165) is 13.1 Å². The van der Waals surface area contributed by atoms with Crippen LogP contribution in [0.15, 0.2) is 24.3 Å². The third-order valence-electron chi connectivity index (χ3n) is 3.46. The molecule has 0 aliphatic carbocycles. The van der Waals surface area contributed by atoms with Crippen LogP contribution in [0.1, 0.15) is 17.2 Å². The van der Waals surface area contributed by atoms with Gasteiger partial charge in [-0.2, -0.15) is 0 Å². The van der Waals surface area contributed by atoms with Gasteiger partial charge in [0.25, 0.3) is 0 Å². The Hall–Kier alpha value is -0.940. The van der Waals surface area contributed by atoms with E-state index in [1.165, 1.54) is 11.1 Å². The normalized spacial score (nSPS) is 22.9. The van der Waals surface area contributed by atoms with Gasteiger partial charge in [-0.15, -0.1) is 0 Å². The predicted octanol–water partition coefficient (Wildman–Crippen LogP) is 0.688. The van der Waals surface area contributed by atoms with Gasteiger partial charge < -0.3 is 15.6 Å². The number of benzene rings is 1. The quantitative estimate of drug-likeness (QED) is 0.825. The van der Waals surface area contributed by atoms with Gasteiger partial charge in [0.2, 0.25) is 0 Å². The molecule has 4 nitrogen and oxygen atoms in total. The molecule has 18 heavy (non-hydrogen) atoms. The molecule has 2 atom stereocenters. The molecule has 1 heterocycles. The van der Waals surface area contributed by atoms with E-state index in [4.69, 9.17) is 10.5 Å².